The summed E-state index contributed by atoms with van der Waals surface area (Å²) in [6.45, 7) is 0. The molecule has 21 heavy (non-hydrogen) atoms. The number of ether oxygens (including phenoxy) is 1. The number of carbonyl (C=O) groups is 2. The summed E-state index contributed by atoms with van der Waals surface area (Å²) in [5.41, 5.74) is 2.46. The second-order valence-electron chi connectivity index (χ2n) is 4.66. The Morgan fingerprint density at radius 2 is 1.67 bits per heavy atom. The molecule has 0 aliphatic rings. The highest BCUT2D eigenvalue weighted by Gasteiger charge is 2.12. The van der Waals surface area contributed by atoms with Gasteiger partial charge in [0, 0.05) is 29.0 Å². The summed E-state index contributed by atoms with van der Waals surface area (Å²) in [5, 5.41) is 0. The van der Waals surface area contributed by atoms with Gasteiger partial charge in [0.15, 0.2) is 5.78 Å². The van der Waals surface area contributed by atoms with Gasteiger partial charge in [0.1, 0.15) is 0 Å². The predicted octanol–water partition coefficient (Wildman–Crippen LogP) is 2.96. The van der Waals surface area contributed by atoms with Crippen LogP contribution in [0, 0.1) is 0 Å². The van der Waals surface area contributed by atoms with Gasteiger partial charge in [0.05, 0.1) is 12.7 Å². The highest BCUT2D eigenvalue weighted by molar-refractivity contribution is 6.09. The molecule has 0 saturated heterocycles. The number of nitrogens with zero attached hydrogens (tertiary/aromatic N) is 1. The predicted molar refractivity (Wildman–Crippen MR) is 78.6 cm³/mol. The smallest absolute Gasteiger partial charge is 0.339 e. The van der Waals surface area contributed by atoms with E-state index in [1.807, 2.05) is 18.2 Å². The van der Waals surface area contributed by atoms with Gasteiger partial charge < -0.3 is 9.14 Å². The van der Waals surface area contributed by atoms with E-state index in [2.05, 4.69) is 0 Å². The standard InChI is InChI=1S/C17H13NO3/c1-21-17(20)14-10-15-9-13(7-8-18(15)11-14)16(19)12-5-3-2-4-6-12/h2-11H,1H3. The Labute approximate surface area is 121 Å². The lowest BCUT2D eigenvalue weighted by Gasteiger charge is -2.02. The lowest BCUT2D eigenvalue weighted by molar-refractivity contribution is 0.0601. The van der Waals surface area contributed by atoms with E-state index in [4.69, 9.17) is 4.74 Å². The molecule has 0 N–H and O–H groups in total. The lowest BCUT2D eigenvalue weighted by Crippen LogP contribution is -2.01. The molecule has 0 aliphatic heterocycles. The molecule has 3 aromatic rings. The summed E-state index contributed by atoms with van der Waals surface area (Å²) in [4.78, 5) is 23.9. The van der Waals surface area contributed by atoms with Crippen LogP contribution in [0.5, 0.6) is 0 Å². The summed E-state index contributed by atoms with van der Waals surface area (Å²) in [6.07, 6.45) is 3.44. The van der Waals surface area contributed by atoms with Crippen LogP contribution in [-0.2, 0) is 4.74 Å². The number of benzene rings is 1. The number of hydrogen-bond acceptors (Lipinski definition) is 3. The lowest BCUT2D eigenvalue weighted by atomic mass is 10.0. The summed E-state index contributed by atoms with van der Waals surface area (Å²) < 4.78 is 6.48. The third-order valence-electron chi connectivity index (χ3n) is 3.32. The Morgan fingerprint density at radius 1 is 0.952 bits per heavy atom. The first-order chi connectivity index (χ1) is 10.2. The molecule has 3 rings (SSSR count). The second kappa shape index (κ2) is 5.25. The number of carbonyl (C=O) groups excluding carboxylic acids is 2. The number of rotatable bonds is 3. The highest BCUT2D eigenvalue weighted by Crippen LogP contribution is 2.16. The third kappa shape index (κ3) is 2.43. The highest BCUT2D eigenvalue weighted by atomic mass is 16.5. The van der Waals surface area contributed by atoms with Crippen molar-refractivity contribution in [3.63, 3.8) is 0 Å². The molecular weight excluding hydrogens is 266 g/mol. The molecule has 0 bridgehead atoms. The molecule has 0 aliphatic carbocycles. The maximum Gasteiger partial charge on any atom is 0.339 e. The number of hydrogen-bond donors (Lipinski definition) is 0. The van der Waals surface area contributed by atoms with Gasteiger partial charge in [-0.15, -0.1) is 0 Å². The molecule has 1 aromatic carbocycles. The molecule has 0 spiro atoms. The molecule has 0 atom stereocenters. The van der Waals surface area contributed by atoms with E-state index in [1.165, 1.54) is 7.11 Å². The average molecular weight is 279 g/mol. The monoisotopic (exact) mass is 279 g/mol. The molecule has 4 heteroatoms. The first-order valence-corrected chi connectivity index (χ1v) is 6.49. The van der Waals surface area contributed by atoms with Crippen molar-refractivity contribution >= 4 is 17.3 Å². The van der Waals surface area contributed by atoms with E-state index in [0.29, 0.717) is 16.7 Å². The fourth-order valence-corrected chi connectivity index (χ4v) is 2.24. The zero-order valence-electron chi connectivity index (χ0n) is 11.4. The van der Waals surface area contributed by atoms with Crippen LogP contribution in [0.15, 0.2) is 60.9 Å². The Morgan fingerprint density at radius 3 is 2.38 bits per heavy atom. The van der Waals surface area contributed by atoms with Gasteiger partial charge in [-0.25, -0.2) is 4.79 Å². The Hall–Kier alpha value is -2.88. The number of esters is 1. The molecule has 2 aromatic heterocycles. The van der Waals surface area contributed by atoms with Gasteiger partial charge in [0.2, 0.25) is 0 Å². The molecule has 2 heterocycles. The number of fused-ring (bicyclic) bond motifs is 1. The number of ketones is 1. The largest absolute Gasteiger partial charge is 0.465 e. The minimum Gasteiger partial charge on any atom is -0.465 e. The van der Waals surface area contributed by atoms with Crippen LogP contribution in [0.1, 0.15) is 26.3 Å². The average Bonchev–Trinajstić information content (AvgIpc) is 2.97. The van der Waals surface area contributed by atoms with Crippen molar-refractivity contribution in [2.24, 2.45) is 0 Å². The van der Waals surface area contributed by atoms with Gasteiger partial charge in [-0.05, 0) is 18.2 Å². The Kier molecular flexibility index (Phi) is 3.28. The summed E-state index contributed by atoms with van der Waals surface area (Å²) in [6, 6.07) is 14.3. The summed E-state index contributed by atoms with van der Waals surface area (Å²) >= 11 is 0. The van der Waals surface area contributed by atoms with E-state index in [-0.39, 0.29) is 5.78 Å². The zero-order chi connectivity index (χ0) is 14.8. The van der Waals surface area contributed by atoms with E-state index in [1.54, 1.807) is 47.1 Å². The summed E-state index contributed by atoms with van der Waals surface area (Å²) in [7, 11) is 1.34. The molecule has 0 radical (unpaired) electrons. The Bertz CT molecular complexity index is 818. The number of pyridine rings is 1. The van der Waals surface area contributed by atoms with E-state index >= 15 is 0 Å². The van der Waals surface area contributed by atoms with Crippen molar-refractivity contribution in [1.29, 1.82) is 0 Å². The van der Waals surface area contributed by atoms with Crippen LogP contribution < -0.4 is 0 Å². The molecular formula is C17H13NO3. The zero-order valence-corrected chi connectivity index (χ0v) is 11.4. The third-order valence-corrected chi connectivity index (χ3v) is 3.32. The second-order valence-corrected chi connectivity index (χ2v) is 4.66. The molecule has 104 valence electrons. The van der Waals surface area contributed by atoms with Gasteiger partial charge >= 0.3 is 5.97 Å². The quantitative estimate of drug-likeness (QED) is 0.547. The van der Waals surface area contributed by atoms with Crippen molar-refractivity contribution < 1.29 is 14.3 Å². The maximum absolute atomic E-state index is 12.4. The van der Waals surface area contributed by atoms with Crippen LogP contribution in [-0.4, -0.2) is 23.3 Å². The Balaban J connectivity index is 2.01. The number of methoxy groups -OCH3 is 1. The van der Waals surface area contributed by atoms with Crippen LogP contribution >= 0.6 is 0 Å². The van der Waals surface area contributed by atoms with E-state index in [0.717, 1.165) is 5.52 Å². The van der Waals surface area contributed by atoms with Gasteiger partial charge in [-0.2, -0.15) is 0 Å². The molecule has 0 saturated carbocycles. The molecule has 0 amide bonds. The minimum atomic E-state index is -0.394. The first-order valence-electron chi connectivity index (χ1n) is 6.49. The van der Waals surface area contributed by atoms with Crippen molar-refractivity contribution in [2.75, 3.05) is 7.11 Å². The molecule has 0 fully saturated rings. The van der Waals surface area contributed by atoms with Crippen molar-refractivity contribution in [1.82, 2.24) is 4.40 Å². The number of aromatic nitrogens is 1. The maximum atomic E-state index is 12.4. The van der Waals surface area contributed by atoms with Crippen molar-refractivity contribution in [2.45, 2.75) is 0 Å². The van der Waals surface area contributed by atoms with Gasteiger partial charge in [-0.1, -0.05) is 30.3 Å². The van der Waals surface area contributed by atoms with E-state index in [9.17, 15) is 9.59 Å². The fourth-order valence-electron chi connectivity index (χ4n) is 2.24. The van der Waals surface area contributed by atoms with Gasteiger partial charge in [-0.3, -0.25) is 4.79 Å². The van der Waals surface area contributed by atoms with Crippen molar-refractivity contribution in [3.05, 3.63) is 77.6 Å². The van der Waals surface area contributed by atoms with Crippen LogP contribution in [0.4, 0.5) is 0 Å². The van der Waals surface area contributed by atoms with E-state index < -0.39 is 5.97 Å². The molecule has 4 nitrogen and oxygen atoms in total. The molecule has 0 unspecified atom stereocenters. The van der Waals surface area contributed by atoms with Crippen molar-refractivity contribution in [3.8, 4) is 0 Å². The minimum absolute atomic E-state index is 0.0427. The summed E-state index contributed by atoms with van der Waals surface area (Å²) in [5.74, 6) is -0.437. The van der Waals surface area contributed by atoms with Crippen LogP contribution in [0.25, 0.3) is 5.52 Å². The topological polar surface area (TPSA) is 47.8 Å². The fraction of sp³-hybridized carbons (Fsp3) is 0.0588. The van der Waals surface area contributed by atoms with Crippen LogP contribution in [0.3, 0.4) is 0 Å². The normalized spacial score (nSPS) is 10.5. The van der Waals surface area contributed by atoms with Gasteiger partial charge in [0.25, 0.3) is 0 Å². The SMILES string of the molecule is COC(=O)c1cc2cc(C(=O)c3ccccc3)ccn2c1. The van der Waals surface area contributed by atoms with Crippen LogP contribution in [0.2, 0.25) is 0 Å². The first kappa shape index (κ1) is 13.1.